The van der Waals surface area contributed by atoms with E-state index in [2.05, 4.69) is 4.98 Å². The van der Waals surface area contributed by atoms with Crippen molar-refractivity contribution < 1.29 is 19.8 Å². The molecule has 2 aromatic carbocycles. The van der Waals surface area contributed by atoms with Crippen LogP contribution in [0.5, 0.6) is 0 Å². The average molecular weight is 296 g/mol. The number of benzene rings is 2. The number of hydrogen-bond donors (Lipinski definition) is 2. The van der Waals surface area contributed by atoms with Gasteiger partial charge in [0.15, 0.2) is 0 Å². The second kappa shape index (κ2) is 5.00. The number of carboxylic acid groups (broad SMARTS) is 2. The van der Waals surface area contributed by atoms with Crippen LogP contribution in [0.15, 0.2) is 42.5 Å². The molecular weight excluding hydrogens is 284 g/mol. The van der Waals surface area contributed by atoms with Crippen molar-refractivity contribution in [2.24, 2.45) is 0 Å². The Hall–Kier alpha value is -3.15. The number of rotatable bonds is 3. The van der Waals surface area contributed by atoms with Gasteiger partial charge in [-0.2, -0.15) is 0 Å². The van der Waals surface area contributed by atoms with E-state index >= 15 is 0 Å². The van der Waals surface area contributed by atoms with Crippen molar-refractivity contribution in [2.75, 3.05) is 0 Å². The molecule has 0 saturated carbocycles. The second-order valence-corrected chi connectivity index (χ2v) is 4.83. The molecule has 0 radical (unpaired) electrons. The van der Waals surface area contributed by atoms with E-state index in [0.29, 0.717) is 11.5 Å². The zero-order valence-corrected chi connectivity index (χ0v) is 11.6. The highest BCUT2D eigenvalue weighted by Crippen LogP contribution is 2.24. The lowest BCUT2D eigenvalue weighted by molar-refractivity contribution is 0.0696. The molecule has 0 aliphatic rings. The van der Waals surface area contributed by atoms with Gasteiger partial charge in [-0.1, -0.05) is 12.1 Å². The highest BCUT2D eigenvalue weighted by molar-refractivity contribution is 5.97. The minimum Gasteiger partial charge on any atom is -0.478 e. The van der Waals surface area contributed by atoms with E-state index in [1.807, 2.05) is 24.3 Å². The number of aromatic nitrogens is 2. The normalized spacial score (nSPS) is 10.8. The van der Waals surface area contributed by atoms with Crippen LogP contribution < -0.4 is 0 Å². The highest BCUT2D eigenvalue weighted by atomic mass is 16.4. The molecule has 22 heavy (non-hydrogen) atoms. The predicted molar refractivity (Wildman–Crippen MR) is 79.7 cm³/mol. The third-order valence-corrected chi connectivity index (χ3v) is 3.44. The first kappa shape index (κ1) is 13.8. The maximum Gasteiger partial charge on any atom is 0.337 e. The summed E-state index contributed by atoms with van der Waals surface area (Å²) in [5.41, 5.74) is 1.77. The Morgan fingerprint density at radius 1 is 1.05 bits per heavy atom. The van der Waals surface area contributed by atoms with Crippen LogP contribution >= 0.6 is 0 Å². The standard InChI is InChI=1S/C16H12N2O4/c1-9-17-12-4-2-3-5-14(12)18(9)13-7-6-10(15(19)20)8-11(13)16(21)22/h2-8H,1H3,(H,19,20)(H,21,22). The van der Waals surface area contributed by atoms with Gasteiger partial charge < -0.3 is 10.2 Å². The van der Waals surface area contributed by atoms with Gasteiger partial charge in [-0.15, -0.1) is 0 Å². The monoisotopic (exact) mass is 296 g/mol. The van der Waals surface area contributed by atoms with Crippen LogP contribution in [-0.4, -0.2) is 31.7 Å². The molecule has 1 aromatic heterocycles. The van der Waals surface area contributed by atoms with Gasteiger partial charge in [-0.25, -0.2) is 14.6 Å². The van der Waals surface area contributed by atoms with Crippen LogP contribution in [0.3, 0.4) is 0 Å². The molecule has 3 rings (SSSR count). The predicted octanol–water partition coefficient (Wildman–Crippen LogP) is 2.73. The summed E-state index contributed by atoms with van der Waals surface area (Å²) in [5.74, 6) is -1.72. The number of para-hydroxylation sites is 2. The summed E-state index contributed by atoms with van der Waals surface area (Å²) in [4.78, 5) is 27.0. The number of imidazole rings is 1. The smallest absolute Gasteiger partial charge is 0.337 e. The van der Waals surface area contributed by atoms with Crippen molar-refractivity contribution >= 4 is 23.0 Å². The molecule has 6 nitrogen and oxygen atoms in total. The molecule has 0 aliphatic heterocycles. The van der Waals surface area contributed by atoms with Crippen LogP contribution in [0, 0.1) is 6.92 Å². The minimum absolute atomic E-state index is 0.0665. The summed E-state index contributed by atoms with van der Waals surface area (Å²) in [5, 5.41) is 18.4. The quantitative estimate of drug-likeness (QED) is 0.775. The van der Waals surface area contributed by atoms with E-state index in [9.17, 15) is 14.7 Å². The number of fused-ring (bicyclic) bond motifs is 1. The summed E-state index contributed by atoms with van der Waals surface area (Å²) in [6.45, 7) is 1.77. The van der Waals surface area contributed by atoms with Crippen LogP contribution in [0.4, 0.5) is 0 Å². The number of carboxylic acids is 2. The Balaban J connectivity index is 2.33. The van der Waals surface area contributed by atoms with Crippen LogP contribution in [0.25, 0.3) is 16.7 Å². The lowest BCUT2D eigenvalue weighted by Crippen LogP contribution is -2.09. The largest absolute Gasteiger partial charge is 0.478 e. The van der Waals surface area contributed by atoms with E-state index < -0.39 is 11.9 Å². The van der Waals surface area contributed by atoms with Gasteiger partial charge in [0, 0.05) is 0 Å². The summed E-state index contributed by atoms with van der Waals surface area (Å²) in [7, 11) is 0. The van der Waals surface area contributed by atoms with Gasteiger partial charge >= 0.3 is 11.9 Å². The molecule has 1 heterocycles. The van der Waals surface area contributed by atoms with E-state index in [1.54, 1.807) is 11.5 Å². The highest BCUT2D eigenvalue weighted by Gasteiger charge is 2.18. The van der Waals surface area contributed by atoms with Crippen molar-refractivity contribution in [3.63, 3.8) is 0 Å². The van der Waals surface area contributed by atoms with Crippen molar-refractivity contribution in [1.29, 1.82) is 0 Å². The maximum atomic E-state index is 11.5. The Labute approximate surface area is 125 Å². The maximum absolute atomic E-state index is 11.5. The van der Waals surface area contributed by atoms with Crippen molar-refractivity contribution in [3.8, 4) is 5.69 Å². The average Bonchev–Trinajstić information content (AvgIpc) is 2.82. The molecule has 0 unspecified atom stereocenters. The van der Waals surface area contributed by atoms with Crippen LogP contribution in [0.2, 0.25) is 0 Å². The van der Waals surface area contributed by atoms with Gasteiger partial charge in [0.05, 0.1) is 27.8 Å². The Morgan fingerprint density at radius 3 is 2.45 bits per heavy atom. The summed E-state index contributed by atoms with van der Waals surface area (Å²) in [6.07, 6.45) is 0. The number of aryl methyl sites for hydroxylation is 1. The molecular formula is C16H12N2O4. The topological polar surface area (TPSA) is 92.4 Å². The Bertz CT molecular complexity index is 912. The van der Waals surface area contributed by atoms with Gasteiger partial charge in [0.25, 0.3) is 0 Å². The molecule has 0 atom stereocenters. The zero-order valence-electron chi connectivity index (χ0n) is 11.6. The number of aromatic carboxylic acids is 2. The van der Waals surface area contributed by atoms with Gasteiger partial charge in [-0.3, -0.25) is 4.57 Å². The van der Waals surface area contributed by atoms with Crippen LogP contribution in [0.1, 0.15) is 26.5 Å². The molecule has 6 heteroatoms. The SMILES string of the molecule is Cc1nc2ccccc2n1-c1ccc(C(=O)O)cc1C(=O)O. The molecule has 110 valence electrons. The molecule has 0 fully saturated rings. The number of carbonyl (C=O) groups is 2. The van der Waals surface area contributed by atoms with Crippen molar-refractivity contribution in [2.45, 2.75) is 6.92 Å². The van der Waals surface area contributed by atoms with Crippen LogP contribution in [-0.2, 0) is 0 Å². The lowest BCUT2D eigenvalue weighted by atomic mass is 10.1. The van der Waals surface area contributed by atoms with Gasteiger partial charge in [-0.05, 0) is 37.3 Å². The molecule has 0 aliphatic carbocycles. The lowest BCUT2D eigenvalue weighted by Gasteiger charge is -2.11. The van der Waals surface area contributed by atoms with Gasteiger partial charge in [0.1, 0.15) is 5.82 Å². The fraction of sp³-hybridized carbons (Fsp3) is 0.0625. The van der Waals surface area contributed by atoms with Crippen molar-refractivity contribution in [1.82, 2.24) is 9.55 Å². The Morgan fingerprint density at radius 2 is 1.77 bits per heavy atom. The fourth-order valence-corrected chi connectivity index (χ4v) is 2.49. The van der Waals surface area contributed by atoms with Crippen molar-refractivity contribution in [3.05, 3.63) is 59.4 Å². The van der Waals surface area contributed by atoms with E-state index in [4.69, 9.17) is 5.11 Å². The third kappa shape index (κ3) is 2.10. The Kier molecular flexibility index (Phi) is 3.14. The number of hydrogen-bond acceptors (Lipinski definition) is 3. The van der Waals surface area contributed by atoms with E-state index in [1.165, 1.54) is 12.1 Å². The van der Waals surface area contributed by atoms with Gasteiger partial charge in [0.2, 0.25) is 0 Å². The molecule has 0 spiro atoms. The summed E-state index contributed by atoms with van der Waals surface area (Å²) >= 11 is 0. The molecule has 0 saturated heterocycles. The first-order valence-electron chi connectivity index (χ1n) is 6.54. The first-order chi connectivity index (χ1) is 10.5. The third-order valence-electron chi connectivity index (χ3n) is 3.44. The first-order valence-corrected chi connectivity index (χ1v) is 6.54. The fourth-order valence-electron chi connectivity index (χ4n) is 2.49. The molecule has 0 amide bonds. The second-order valence-electron chi connectivity index (χ2n) is 4.83. The van der Waals surface area contributed by atoms with E-state index in [-0.39, 0.29) is 11.1 Å². The molecule has 3 aromatic rings. The zero-order chi connectivity index (χ0) is 15.9. The van der Waals surface area contributed by atoms with E-state index in [0.717, 1.165) is 17.1 Å². The number of nitrogens with zero attached hydrogens (tertiary/aromatic N) is 2. The summed E-state index contributed by atoms with van der Waals surface area (Å²) < 4.78 is 1.71. The summed E-state index contributed by atoms with van der Waals surface area (Å²) in [6, 6.07) is 11.4. The molecule has 0 bridgehead atoms. The minimum atomic E-state index is -1.18. The molecule has 2 N–H and O–H groups in total.